The molecule has 1 amide bonds. The first kappa shape index (κ1) is 15.7. The Balaban J connectivity index is 2.75. The van der Waals surface area contributed by atoms with E-state index in [9.17, 15) is 9.59 Å². The maximum absolute atomic E-state index is 12.0. The Morgan fingerprint density at radius 2 is 2.16 bits per heavy atom. The van der Waals surface area contributed by atoms with Crippen molar-refractivity contribution < 1.29 is 19.4 Å². The van der Waals surface area contributed by atoms with Crippen LogP contribution in [-0.2, 0) is 9.53 Å². The average molecular weight is 330 g/mol. The highest BCUT2D eigenvalue weighted by atomic mass is 79.9. The quantitative estimate of drug-likeness (QED) is 0.836. The van der Waals surface area contributed by atoms with Gasteiger partial charge in [-0.1, -0.05) is 15.9 Å². The van der Waals surface area contributed by atoms with Crippen LogP contribution in [0.3, 0.4) is 0 Å². The van der Waals surface area contributed by atoms with Crippen LogP contribution in [0.2, 0.25) is 0 Å². The Labute approximate surface area is 120 Å². The maximum atomic E-state index is 12.0. The van der Waals surface area contributed by atoms with Gasteiger partial charge in [-0.2, -0.15) is 0 Å². The number of carboxylic acids is 1. The van der Waals surface area contributed by atoms with Crippen molar-refractivity contribution in [3.05, 3.63) is 33.8 Å². The summed E-state index contributed by atoms with van der Waals surface area (Å²) in [7, 11) is 1.48. The van der Waals surface area contributed by atoms with E-state index in [-0.39, 0.29) is 13.0 Å². The van der Waals surface area contributed by atoms with Crippen molar-refractivity contribution in [2.75, 3.05) is 13.7 Å². The minimum absolute atomic E-state index is 0.229. The fourth-order valence-corrected chi connectivity index (χ4v) is 1.77. The predicted molar refractivity (Wildman–Crippen MR) is 74.3 cm³/mol. The molecule has 0 bridgehead atoms. The largest absolute Gasteiger partial charge is 0.480 e. The Morgan fingerprint density at radius 3 is 2.68 bits per heavy atom. The highest BCUT2D eigenvalue weighted by Crippen LogP contribution is 2.17. The molecule has 0 spiro atoms. The number of carbonyl (C=O) groups is 2. The van der Waals surface area contributed by atoms with Crippen LogP contribution in [0.15, 0.2) is 22.7 Å². The molecule has 1 unspecified atom stereocenters. The molecule has 2 N–H and O–H groups in total. The lowest BCUT2D eigenvalue weighted by molar-refractivity contribution is -0.139. The minimum Gasteiger partial charge on any atom is -0.480 e. The number of rotatable bonds is 6. The number of methoxy groups -OCH3 is 1. The van der Waals surface area contributed by atoms with E-state index < -0.39 is 17.9 Å². The molecule has 1 rings (SSSR count). The van der Waals surface area contributed by atoms with Crippen LogP contribution in [0.25, 0.3) is 0 Å². The van der Waals surface area contributed by atoms with E-state index >= 15 is 0 Å². The van der Waals surface area contributed by atoms with Gasteiger partial charge in [0.15, 0.2) is 0 Å². The van der Waals surface area contributed by atoms with Crippen molar-refractivity contribution in [1.82, 2.24) is 5.32 Å². The summed E-state index contributed by atoms with van der Waals surface area (Å²) < 4.78 is 5.72. The van der Waals surface area contributed by atoms with Gasteiger partial charge in [0.25, 0.3) is 5.91 Å². The Morgan fingerprint density at radius 1 is 1.47 bits per heavy atom. The van der Waals surface area contributed by atoms with Gasteiger partial charge in [-0.15, -0.1) is 0 Å². The molecular formula is C13H16BrNO4. The van der Waals surface area contributed by atoms with Crippen LogP contribution in [0.5, 0.6) is 0 Å². The smallest absolute Gasteiger partial charge is 0.326 e. The summed E-state index contributed by atoms with van der Waals surface area (Å²) >= 11 is 3.34. The van der Waals surface area contributed by atoms with Gasteiger partial charge in [0.2, 0.25) is 0 Å². The second-order valence-corrected chi connectivity index (χ2v) is 4.96. The van der Waals surface area contributed by atoms with Crippen LogP contribution in [0, 0.1) is 6.92 Å². The second kappa shape index (κ2) is 7.25. The van der Waals surface area contributed by atoms with Gasteiger partial charge in [-0.25, -0.2) is 4.79 Å². The van der Waals surface area contributed by atoms with E-state index in [0.717, 1.165) is 10.0 Å². The molecule has 5 nitrogen and oxygen atoms in total. The average Bonchev–Trinajstić information content (AvgIpc) is 2.37. The summed E-state index contributed by atoms with van der Waals surface area (Å²) in [6.45, 7) is 2.14. The number of ether oxygens (including phenoxy) is 1. The maximum Gasteiger partial charge on any atom is 0.326 e. The van der Waals surface area contributed by atoms with E-state index in [1.807, 2.05) is 6.92 Å². The summed E-state index contributed by atoms with van der Waals surface area (Å²) in [5.74, 6) is -1.47. The number of amides is 1. The van der Waals surface area contributed by atoms with Crippen LogP contribution < -0.4 is 5.32 Å². The molecule has 0 aliphatic carbocycles. The molecule has 19 heavy (non-hydrogen) atoms. The van der Waals surface area contributed by atoms with E-state index in [2.05, 4.69) is 21.2 Å². The molecule has 1 aromatic rings. The number of hydrogen-bond acceptors (Lipinski definition) is 3. The molecule has 0 radical (unpaired) electrons. The summed E-state index contributed by atoms with van der Waals surface area (Å²) in [6, 6.07) is 4.15. The van der Waals surface area contributed by atoms with Gasteiger partial charge >= 0.3 is 5.97 Å². The zero-order valence-electron chi connectivity index (χ0n) is 10.8. The summed E-state index contributed by atoms with van der Waals surface area (Å²) in [4.78, 5) is 23.0. The van der Waals surface area contributed by atoms with Gasteiger partial charge in [-0.3, -0.25) is 4.79 Å². The molecule has 0 fully saturated rings. The molecule has 0 aromatic heterocycles. The second-order valence-electron chi connectivity index (χ2n) is 4.11. The molecule has 0 saturated carbocycles. The fourth-order valence-electron chi connectivity index (χ4n) is 1.52. The summed E-state index contributed by atoms with van der Waals surface area (Å²) in [5, 5.41) is 11.5. The van der Waals surface area contributed by atoms with E-state index in [1.165, 1.54) is 7.11 Å². The number of aryl methyl sites for hydroxylation is 1. The van der Waals surface area contributed by atoms with Crippen molar-refractivity contribution in [1.29, 1.82) is 0 Å². The molecule has 0 saturated heterocycles. The number of carboxylic acid groups (broad SMARTS) is 1. The number of benzene rings is 1. The van der Waals surface area contributed by atoms with Gasteiger partial charge in [0, 0.05) is 30.2 Å². The van der Waals surface area contributed by atoms with Crippen LogP contribution in [0.1, 0.15) is 22.3 Å². The number of nitrogens with one attached hydrogen (secondary N) is 1. The van der Waals surface area contributed by atoms with Crippen molar-refractivity contribution in [2.24, 2.45) is 0 Å². The molecule has 0 aliphatic rings. The van der Waals surface area contributed by atoms with Gasteiger partial charge in [0.1, 0.15) is 6.04 Å². The number of halogens is 1. The van der Waals surface area contributed by atoms with Crippen LogP contribution in [0.4, 0.5) is 0 Å². The number of hydrogen-bond donors (Lipinski definition) is 2. The van der Waals surface area contributed by atoms with Crippen molar-refractivity contribution in [3.8, 4) is 0 Å². The Kier molecular flexibility index (Phi) is 5.98. The van der Waals surface area contributed by atoms with Crippen molar-refractivity contribution >= 4 is 27.8 Å². The van der Waals surface area contributed by atoms with E-state index in [0.29, 0.717) is 5.56 Å². The topological polar surface area (TPSA) is 75.6 Å². The van der Waals surface area contributed by atoms with E-state index in [1.54, 1.807) is 18.2 Å². The third-order valence-electron chi connectivity index (χ3n) is 2.63. The number of aliphatic carboxylic acids is 1. The predicted octanol–water partition coefficient (Wildman–Crippen LogP) is 1.98. The van der Waals surface area contributed by atoms with Gasteiger partial charge in [-0.05, 0) is 30.7 Å². The molecule has 6 heteroatoms. The zero-order valence-corrected chi connectivity index (χ0v) is 12.4. The lowest BCUT2D eigenvalue weighted by atomic mass is 10.1. The SMILES string of the molecule is COCCC(NC(=O)c1ccc(Br)c(C)c1)C(=O)O. The first-order valence-corrected chi connectivity index (χ1v) is 6.53. The monoisotopic (exact) mass is 329 g/mol. The lowest BCUT2D eigenvalue weighted by Gasteiger charge is -2.14. The normalized spacial score (nSPS) is 11.9. The highest BCUT2D eigenvalue weighted by Gasteiger charge is 2.20. The molecule has 0 aliphatic heterocycles. The van der Waals surface area contributed by atoms with Crippen molar-refractivity contribution in [3.63, 3.8) is 0 Å². The Hall–Kier alpha value is -1.40. The third kappa shape index (κ3) is 4.65. The van der Waals surface area contributed by atoms with Gasteiger partial charge in [0.05, 0.1) is 0 Å². The summed E-state index contributed by atoms with van der Waals surface area (Å²) in [5.41, 5.74) is 1.35. The molecule has 0 heterocycles. The van der Waals surface area contributed by atoms with Crippen LogP contribution in [-0.4, -0.2) is 36.7 Å². The van der Waals surface area contributed by atoms with Crippen molar-refractivity contribution in [2.45, 2.75) is 19.4 Å². The summed E-state index contributed by atoms with van der Waals surface area (Å²) in [6.07, 6.45) is 0.229. The zero-order chi connectivity index (χ0) is 14.4. The molecular weight excluding hydrogens is 314 g/mol. The van der Waals surface area contributed by atoms with E-state index in [4.69, 9.17) is 9.84 Å². The Bertz CT molecular complexity index is 476. The number of carbonyl (C=O) groups excluding carboxylic acids is 1. The van der Waals surface area contributed by atoms with Crippen LogP contribution >= 0.6 is 15.9 Å². The lowest BCUT2D eigenvalue weighted by Crippen LogP contribution is -2.41. The first-order valence-electron chi connectivity index (χ1n) is 5.74. The molecule has 1 atom stereocenters. The fraction of sp³-hybridized carbons (Fsp3) is 0.385. The molecule has 104 valence electrons. The standard InChI is InChI=1S/C13H16BrNO4/c1-8-7-9(3-4-10(8)14)12(16)15-11(13(17)18)5-6-19-2/h3-4,7,11H,5-6H2,1-2H3,(H,15,16)(H,17,18). The third-order valence-corrected chi connectivity index (χ3v) is 3.52. The molecule has 1 aromatic carbocycles. The minimum atomic E-state index is -1.07. The first-order chi connectivity index (χ1) is 8.95. The highest BCUT2D eigenvalue weighted by molar-refractivity contribution is 9.10. The van der Waals surface area contributed by atoms with Gasteiger partial charge < -0.3 is 15.2 Å².